The number of nitrogens with zero attached hydrogens (tertiary/aromatic N) is 1. The summed E-state index contributed by atoms with van der Waals surface area (Å²) >= 11 is 0. The van der Waals surface area contributed by atoms with Crippen molar-refractivity contribution in [3.8, 4) is 0 Å². The maximum Gasteiger partial charge on any atom is 0.252 e. The lowest BCUT2D eigenvalue weighted by atomic mass is 9.78. The van der Waals surface area contributed by atoms with Crippen molar-refractivity contribution in [3.63, 3.8) is 0 Å². The van der Waals surface area contributed by atoms with Crippen LogP contribution < -0.4 is 5.32 Å². The number of benzene rings is 1. The number of nitrogens with one attached hydrogen (secondary N) is 1. The summed E-state index contributed by atoms with van der Waals surface area (Å²) in [6, 6.07) is 6.56. The second-order valence-corrected chi connectivity index (χ2v) is 7.19. The predicted octanol–water partition coefficient (Wildman–Crippen LogP) is 1.88. The van der Waals surface area contributed by atoms with E-state index in [1.807, 2.05) is 20.8 Å². The highest BCUT2D eigenvalue weighted by Gasteiger charge is 2.52. The van der Waals surface area contributed by atoms with E-state index < -0.39 is 5.41 Å². The Kier molecular flexibility index (Phi) is 3.74. The molecular formula is C18H22N2O3. The third-order valence-electron chi connectivity index (χ3n) is 4.87. The van der Waals surface area contributed by atoms with Crippen molar-refractivity contribution in [1.82, 2.24) is 10.2 Å². The van der Waals surface area contributed by atoms with E-state index in [1.165, 1.54) is 0 Å². The normalized spacial score (nSPS) is 26.6. The van der Waals surface area contributed by atoms with Gasteiger partial charge in [-0.25, -0.2) is 0 Å². The minimum Gasteiger partial charge on any atom is -0.346 e. The number of ketones is 1. The Morgan fingerprint density at radius 3 is 2.61 bits per heavy atom. The molecule has 0 saturated carbocycles. The number of carbonyl (C=O) groups excluding carboxylic acids is 3. The Balaban J connectivity index is 1.94. The van der Waals surface area contributed by atoms with Gasteiger partial charge in [0.15, 0.2) is 5.78 Å². The van der Waals surface area contributed by atoms with Gasteiger partial charge in [0.05, 0.1) is 17.0 Å². The molecule has 1 fully saturated rings. The van der Waals surface area contributed by atoms with Gasteiger partial charge in [-0.2, -0.15) is 0 Å². The van der Waals surface area contributed by atoms with E-state index in [9.17, 15) is 14.4 Å². The number of amides is 2. The molecule has 23 heavy (non-hydrogen) atoms. The fraction of sp³-hybridized carbons (Fsp3) is 0.500. The van der Waals surface area contributed by atoms with Gasteiger partial charge in [-0.3, -0.25) is 14.4 Å². The average molecular weight is 314 g/mol. The van der Waals surface area contributed by atoms with Gasteiger partial charge in [0.1, 0.15) is 0 Å². The predicted molar refractivity (Wildman–Crippen MR) is 86.2 cm³/mol. The van der Waals surface area contributed by atoms with Crippen molar-refractivity contribution in [2.24, 2.45) is 11.3 Å². The Hall–Kier alpha value is -2.17. The molecule has 1 N–H and O–H groups in total. The van der Waals surface area contributed by atoms with Crippen LogP contribution in [-0.2, 0) is 4.79 Å². The average Bonchev–Trinajstić information content (AvgIpc) is 2.81. The third-order valence-corrected chi connectivity index (χ3v) is 4.87. The molecule has 3 rings (SSSR count). The first-order valence-corrected chi connectivity index (χ1v) is 8.05. The Morgan fingerprint density at radius 2 is 1.96 bits per heavy atom. The number of likely N-dealkylation sites (tertiary alicyclic amines) is 1. The Bertz CT molecular complexity index is 683. The molecule has 0 aliphatic carbocycles. The second-order valence-electron chi connectivity index (χ2n) is 7.19. The second kappa shape index (κ2) is 5.48. The van der Waals surface area contributed by atoms with Crippen LogP contribution in [0.1, 0.15) is 47.9 Å². The van der Waals surface area contributed by atoms with E-state index >= 15 is 0 Å². The molecule has 0 bridgehead atoms. The molecule has 2 amide bonds. The van der Waals surface area contributed by atoms with Gasteiger partial charge in [-0.15, -0.1) is 0 Å². The summed E-state index contributed by atoms with van der Waals surface area (Å²) in [5.74, 6) is 0.0218. The SMILES string of the molecule is CC(C)CC(=O)N1C[C@H]2NC(=O)c3ccccc3C(=O)[C@@]2(C)C1. The van der Waals surface area contributed by atoms with Crippen molar-refractivity contribution in [3.05, 3.63) is 35.4 Å². The van der Waals surface area contributed by atoms with Crippen LogP contribution in [0.5, 0.6) is 0 Å². The maximum absolute atomic E-state index is 13.0. The molecule has 1 saturated heterocycles. The monoisotopic (exact) mass is 314 g/mol. The molecule has 0 radical (unpaired) electrons. The number of carbonyl (C=O) groups is 3. The summed E-state index contributed by atoms with van der Waals surface area (Å²) in [6.07, 6.45) is 0.460. The van der Waals surface area contributed by atoms with Crippen LogP contribution in [0.15, 0.2) is 24.3 Å². The first kappa shape index (κ1) is 15.7. The number of fused-ring (bicyclic) bond motifs is 2. The summed E-state index contributed by atoms with van der Waals surface area (Å²) < 4.78 is 0. The van der Waals surface area contributed by atoms with Gasteiger partial charge in [0.2, 0.25) is 5.91 Å². The van der Waals surface area contributed by atoms with Crippen molar-refractivity contribution in [1.29, 1.82) is 0 Å². The highest BCUT2D eigenvalue weighted by molar-refractivity contribution is 6.12. The van der Waals surface area contributed by atoms with E-state index in [1.54, 1.807) is 29.2 Å². The number of Topliss-reactive ketones (excluding diaryl/α,β-unsaturated/α-hetero) is 1. The van der Waals surface area contributed by atoms with Gasteiger partial charge in [-0.05, 0) is 18.9 Å². The topological polar surface area (TPSA) is 66.5 Å². The molecule has 0 aromatic heterocycles. The summed E-state index contributed by atoms with van der Waals surface area (Å²) in [4.78, 5) is 39.6. The van der Waals surface area contributed by atoms with Crippen LogP contribution in [0.2, 0.25) is 0 Å². The number of rotatable bonds is 2. The zero-order valence-electron chi connectivity index (χ0n) is 13.8. The van der Waals surface area contributed by atoms with E-state index in [-0.39, 0.29) is 29.6 Å². The van der Waals surface area contributed by atoms with E-state index in [0.717, 1.165) is 0 Å². The van der Waals surface area contributed by atoms with Gasteiger partial charge < -0.3 is 10.2 Å². The van der Waals surface area contributed by atoms with Crippen LogP contribution in [0, 0.1) is 11.3 Å². The van der Waals surface area contributed by atoms with Gasteiger partial charge >= 0.3 is 0 Å². The van der Waals surface area contributed by atoms with E-state index in [2.05, 4.69) is 5.32 Å². The minimum absolute atomic E-state index is 0.0460. The van der Waals surface area contributed by atoms with Crippen LogP contribution in [-0.4, -0.2) is 41.6 Å². The van der Waals surface area contributed by atoms with Crippen LogP contribution >= 0.6 is 0 Å². The lowest BCUT2D eigenvalue weighted by molar-refractivity contribution is -0.131. The third kappa shape index (κ3) is 2.54. The molecule has 5 heteroatoms. The van der Waals surface area contributed by atoms with Crippen molar-refractivity contribution >= 4 is 17.6 Å². The first-order chi connectivity index (χ1) is 10.8. The molecule has 2 aliphatic rings. The fourth-order valence-corrected chi connectivity index (χ4v) is 3.52. The van der Waals surface area contributed by atoms with Crippen molar-refractivity contribution in [2.75, 3.05) is 13.1 Å². The standard InChI is InChI=1S/C18H22N2O3/c1-11(2)8-15(21)20-9-14-18(3,10-20)16(22)12-6-4-5-7-13(12)17(23)19-14/h4-7,11,14H,8-10H2,1-3H3,(H,19,23)/t14-,18+/m1/s1. The molecule has 1 aromatic rings. The van der Waals surface area contributed by atoms with Crippen LogP contribution in [0.25, 0.3) is 0 Å². The quantitative estimate of drug-likeness (QED) is 0.906. The first-order valence-electron chi connectivity index (χ1n) is 8.05. The number of hydrogen-bond acceptors (Lipinski definition) is 3. The highest BCUT2D eigenvalue weighted by Crippen LogP contribution is 2.37. The Morgan fingerprint density at radius 1 is 1.30 bits per heavy atom. The molecular weight excluding hydrogens is 292 g/mol. The molecule has 122 valence electrons. The van der Waals surface area contributed by atoms with Gasteiger partial charge in [-0.1, -0.05) is 32.0 Å². The maximum atomic E-state index is 13.0. The van der Waals surface area contributed by atoms with Gasteiger partial charge in [0, 0.05) is 25.1 Å². The lowest BCUT2D eigenvalue weighted by Gasteiger charge is -2.26. The van der Waals surface area contributed by atoms with E-state index in [0.29, 0.717) is 30.6 Å². The van der Waals surface area contributed by atoms with Crippen LogP contribution in [0.4, 0.5) is 0 Å². The zero-order valence-corrected chi connectivity index (χ0v) is 13.8. The molecule has 1 aromatic carbocycles. The Labute approximate surface area is 136 Å². The highest BCUT2D eigenvalue weighted by atomic mass is 16.2. The van der Waals surface area contributed by atoms with Crippen LogP contribution in [0.3, 0.4) is 0 Å². The van der Waals surface area contributed by atoms with Crippen molar-refractivity contribution in [2.45, 2.75) is 33.2 Å². The zero-order chi connectivity index (χ0) is 16.8. The smallest absolute Gasteiger partial charge is 0.252 e. The number of hydrogen-bond donors (Lipinski definition) is 1. The lowest BCUT2D eigenvalue weighted by Crippen LogP contribution is -2.47. The summed E-state index contributed by atoms with van der Waals surface area (Å²) in [5, 5.41) is 2.95. The summed E-state index contributed by atoms with van der Waals surface area (Å²) in [7, 11) is 0. The summed E-state index contributed by atoms with van der Waals surface area (Å²) in [6.45, 7) is 6.60. The largest absolute Gasteiger partial charge is 0.346 e. The minimum atomic E-state index is -0.769. The molecule has 5 nitrogen and oxygen atoms in total. The molecule has 0 unspecified atom stereocenters. The molecule has 2 atom stereocenters. The van der Waals surface area contributed by atoms with Gasteiger partial charge in [0.25, 0.3) is 5.91 Å². The van der Waals surface area contributed by atoms with E-state index in [4.69, 9.17) is 0 Å². The molecule has 2 aliphatic heterocycles. The molecule has 2 heterocycles. The fourth-order valence-electron chi connectivity index (χ4n) is 3.52. The van der Waals surface area contributed by atoms with Crippen molar-refractivity contribution < 1.29 is 14.4 Å². The summed E-state index contributed by atoms with van der Waals surface area (Å²) in [5.41, 5.74) is 0.107. The molecule has 0 spiro atoms.